The van der Waals surface area contributed by atoms with Gasteiger partial charge in [-0.1, -0.05) is 12.1 Å². The molecular formula is C8H12BNO4. The van der Waals surface area contributed by atoms with Crippen LogP contribution in [0, 0.1) is 0 Å². The van der Waals surface area contributed by atoms with Crippen LogP contribution in [-0.4, -0.2) is 32.5 Å². The fraction of sp³-hybridized carbons (Fsp3) is 0.125. The van der Waals surface area contributed by atoms with E-state index in [9.17, 15) is 0 Å². The van der Waals surface area contributed by atoms with Gasteiger partial charge in [-0.25, -0.2) is 4.98 Å². The van der Waals surface area contributed by atoms with Gasteiger partial charge in [0.2, 0.25) is 5.88 Å². The van der Waals surface area contributed by atoms with Crippen LogP contribution in [-0.2, 0) is 6.42 Å². The lowest BCUT2D eigenvalue weighted by Gasteiger charge is -1.96. The first-order valence-electron chi connectivity index (χ1n) is 3.86. The van der Waals surface area contributed by atoms with E-state index in [2.05, 4.69) is 11.6 Å². The quantitative estimate of drug-likeness (QED) is 0.377. The Kier molecular flexibility index (Phi) is 6.39. The lowest BCUT2D eigenvalue weighted by molar-refractivity contribution is 0.278. The van der Waals surface area contributed by atoms with Gasteiger partial charge in [0.1, 0.15) is 0 Å². The van der Waals surface area contributed by atoms with Gasteiger partial charge in [0.25, 0.3) is 0 Å². The summed E-state index contributed by atoms with van der Waals surface area (Å²) in [6.07, 6.45) is 3.96. The zero-order valence-electron chi connectivity index (χ0n) is 7.54. The SMILES string of the molecule is C=CCc1cccnc1O.OB(O)O. The second-order valence-corrected chi connectivity index (χ2v) is 2.33. The second kappa shape index (κ2) is 7.08. The first-order chi connectivity index (χ1) is 6.57. The minimum atomic E-state index is -2.17. The topological polar surface area (TPSA) is 93.8 Å². The van der Waals surface area contributed by atoms with Gasteiger partial charge in [-0.15, -0.1) is 6.58 Å². The summed E-state index contributed by atoms with van der Waals surface area (Å²) in [5, 5.41) is 30.6. The van der Waals surface area contributed by atoms with Gasteiger partial charge in [-0.2, -0.15) is 0 Å². The zero-order chi connectivity index (χ0) is 11.0. The average Bonchev–Trinajstić information content (AvgIpc) is 2.08. The van der Waals surface area contributed by atoms with Gasteiger partial charge >= 0.3 is 7.32 Å². The normalized spacial score (nSPS) is 8.50. The van der Waals surface area contributed by atoms with E-state index in [-0.39, 0.29) is 5.88 Å². The fourth-order valence-electron chi connectivity index (χ4n) is 0.745. The molecule has 1 aromatic heterocycles. The first kappa shape index (κ1) is 12.6. The Bertz CT molecular complexity index is 277. The van der Waals surface area contributed by atoms with Crippen LogP contribution in [0.15, 0.2) is 31.0 Å². The molecule has 5 nitrogen and oxygen atoms in total. The average molecular weight is 197 g/mol. The van der Waals surface area contributed by atoms with Crippen molar-refractivity contribution in [3.8, 4) is 5.88 Å². The molecule has 0 aromatic carbocycles. The third-order valence-electron chi connectivity index (χ3n) is 1.23. The van der Waals surface area contributed by atoms with Crippen LogP contribution >= 0.6 is 0 Å². The van der Waals surface area contributed by atoms with Crippen molar-refractivity contribution in [1.29, 1.82) is 0 Å². The smallest absolute Gasteiger partial charge is 0.493 e. The van der Waals surface area contributed by atoms with E-state index in [4.69, 9.17) is 20.2 Å². The van der Waals surface area contributed by atoms with Gasteiger partial charge in [-0.3, -0.25) is 0 Å². The molecule has 76 valence electrons. The Morgan fingerprint density at radius 3 is 2.43 bits per heavy atom. The summed E-state index contributed by atoms with van der Waals surface area (Å²) in [5.41, 5.74) is 0.817. The Hall–Kier alpha value is -1.37. The van der Waals surface area contributed by atoms with Gasteiger partial charge in [0.15, 0.2) is 0 Å². The van der Waals surface area contributed by atoms with Crippen LogP contribution in [0.5, 0.6) is 5.88 Å². The highest BCUT2D eigenvalue weighted by Gasteiger charge is 1.95. The third kappa shape index (κ3) is 6.18. The molecule has 4 N–H and O–H groups in total. The zero-order valence-corrected chi connectivity index (χ0v) is 7.54. The van der Waals surface area contributed by atoms with Crippen LogP contribution in [0.4, 0.5) is 0 Å². The number of nitrogens with zero attached hydrogens (tertiary/aromatic N) is 1. The molecule has 1 aromatic rings. The van der Waals surface area contributed by atoms with Crippen molar-refractivity contribution in [2.45, 2.75) is 6.42 Å². The number of hydrogen-bond acceptors (Lipinski definition) is 5. The van der Waals surface area contributed by atoms with Gasteiger partial charge in [0, 0.05) is 11.8 Å². The minimum Gasteiger partial charge on any atom is -0.493 e. The number of allylic oxidation sites excluding steroid dienone is 1. The van der Waals surface area contributed by atoms with E-state index >= 15 is 0 Å². The molecule has 0 spiro atoms. The maximum Gasteiger partial charge on any atom is 0.631 e. The van der Waals surface area contributed by atoms with E-state index in [1.54, 1.807) is 18.3 Å². The minimum absolute atomic E-state index is 0.0994. The molecule has 1 heterocycles. The maximum absolute atomic E-state index is 9.08. The van der Waals surface area contributed by atoms with E-state index in [1.165, 1.54) is 0 Å². The monoisotopic (exact) mass is 197 g/mol. The van der Waals surface area contributed by atoms with Gasteiger partial charge < -0.3 is 20.2 Å². The Labute approximate surface area is 82.2 Å². The summed E-state index contributed by atoms with van der Waals surface area (Å²) in [6.45, 7) is 3.56. The van der Waals surface area contributed by atoms with E-state index in [0.29, 0.717) is 6.42 Å². The molecule has 6 heteroatoms. The molecule has 0 aliphatic carbocycles. The summed E-state index contributed by atoms with van der Waals surface area (Å²) in [5.74, 6) is 0.0994. The highest BCUT2D eigenvalue weighted by molar-refractivity contribution is 6.30. The van der Waals surface area contributed by atoms with Crippen molar-refractivity contribution in [1.82, 2.24) is 4.98 Å². The van der Waals surface area contributed by atoms with Crippen LogP contribution in [0.3, 0.4) is 0 Å². The van der Waals surface area contributed by atoms with E-state index in [0.717, 1.165) is 5.56 Å². The molecule has 0 saturated carbocycles. The molecular weight excluding hydrogens is 185 g/mol. The van der Waals surface area contributed by atoms with Crippen molar-refractivity contribution in [2.75, 3.05) is 0 Å². The lowest BCUT2D eigenvalue weighted by Crippen LogP contribution is -2.07. The highest BCUT2D eigenvalue weighted by Crippen LogP contribution is 2.11. The van der Waals surface area contributed by atoms with Gasteiger partial charge in [-0.05, 0) is 12.5 Å². The number of hydrogen-bond donors (Lipinski definition) is 4. The Morgan fingerprint density at radius 1 is 1.43 bits per heavy atom. The highest BCUT2D eigenvalue weighted by atomic mass is 16.5. The standard InChI is InChI=1S/C8H9NO.BH3O3/c1-2-4-7-5-3-6-9-8(7)10;2-1(3)4/h2-3,5-6H,1,4H2,(H,9,10);2-4H. The largest absolute Gasteiger partial charge is 0.631 e. The predicted octanol–water partition coefficient (Wildman–Crippen LogP) is -0.536. The molecule has 0 fully saturated rings. The summed E-state index contributed by atoms with van der Waals surface area (Å²) < 4.78 is 0. The summed E-state index contributed by atoms with van der Waals surface area (Å²) in [6, 6.07) is 3.61. The molecule has 0 radical (unpaired) electrons. The maximum atomic E-state index is 9.08. The number of aromatic nitrogens is 1. The summed E-state index contributed by atoms with van der Waals surface area (Å²) in [4.78, 5) is 3.71. The summed E-state index contributed by atoms with van der Waals surface area (Å²) >= 11 is 0. The number of rotatable bonds is 2. The van der Waals surface area contributed by atoms with Crippen LogP contribution in [0.2, 0.25) is 0 Å². The van der Waals surface area contributed by atoms with Gasteiger partial charge in [0.05, 0.1) is 0 Å². The third-order valence-corrected chi connectivity index (χ3v) is 1.23. The lowest BCUT2D eigenvalue weighted by atomic mass is 10.2. The molecule has 0 unspecified atom stereocenters. The van der Waals surface area contributed by atoms with Crippen molar-refractivity contribution >= 4 is 7.32 Å². The van der Waals surface area contributed by atoms with Crippen molar-refractivity contribution in [3.63, 3.8) is 0 Å². The summed E-state index contributed by atoms with van der Waals surface area (Å²) in [7, 11) is -2.17. The second-order valence-electron chi connectivity index (χ2n) is 2.33. The van der Waals surface area contributed by atoms with E-state index < -0.39 is 7.32 Å². The molecule has 14 heavy (non-hydrogen) atoms. The van der Waals surface area contributed by atoms with Crippen molar-refractivity contribution in [2.24, 2.45) is 0 Å². The Morgan fingerprint density at radius 2 is 2.00 bits per heavy atom. The Balaban J connectivity index is 0.000000364. The molecule has 1 rings (SSSR count). The van der Waals surface area contributed by atoms with Crippen LogP contribution < -0.4 is 0 Å². The molecule has 0 saturated heterocycles. The number of pyridine rings is 1. The van der Waals surface area contributed by atoms with Crippen LogP contribution in [0.25, 0.3) is 0 Å². The molecule has 0 bridgehead atoms. The molecule has 0 atom stereocenters. The van der Waals surface area contributed by atoms with Crippen molar-refractivity contribution in [3.05, 3.63) is 36.5 Å². The van der Waals surface area contributed by atoms with Crippen LogP contribution in [0.1, 0.15) is 5.56 Å². The molecule has 0 amide bonds. The predicted molar refractivity (Wildman–Crippen MR) is 52.2 cm³/mol. The first-order valence-corrected chi connectivity index (χ1v) is 3.86. The molecule has 0 aliphatic heterocycles. The van der Waals surface area contributed by atoms with Crippen molar-refractivity contribution < 1.29 is 20.2 Å². The number of aromatic hydroxyl groups is 1. The molecule has 0 aliphatic rings. The van der Waals surface area contributed by atoms with E-state index in [1.807, 2.05) is 6.07 Å². The fourth-order valence-corrected chi connectivity index (χ4v) is 0.745.